The average molecular weight is 385 g/mol. The van der Waals surface area contributed by atoms with Gasteiger partial charge in [0.15, 0.2) is 5.57 Å². The Morgan fingerprint density at radius 2 is 1.25 bits per heavy atom. The second kappa shape index (κ2) is 10.1. The van der Waals surface area contributed by atoms with Gasteiger partial charge in [0.05, 0.1) is 0 Å². The molecule has 0 amide bonds. The Morgan fingerprint density at radius 1 is 0.786 bits per heavy atom. The summed E-state index contributed by atoms with van der Waals surface area (Å²) in [5.74, 6) is 0.883. The molecule has 0 spiro atoms. The zero-order valence-corrected chi connectivity index (χ0v) is 17.7. The Labute approximate surface area is 171 Å². The molecule has 154 valence electrons. The van der Waals surface area contributed by atoms with E-state index in [1.165, 1.54) is 38.8 Å². The van der Waals surface area contributed by atoms with Gasteiger partial charge in [0.2, 0.25) is 0 Å². The van der Waals surface area contributed by atoms with Crippen LogP contribution in [0.25, 0.3) is 0 Å². The molecule has 0 aromatic rings. The second-order valence-corrected chi connectivity index (χ2v) is 8.66. The fourth-order valence-electron chi connectivity index (χ4n) is 5.11. The molecule has 6 heteroatoms. The van der Waals surface area contributed by atoms with Crippen molar-refractivity contribution in [1.82, 2.24) is 19.6 Å². The lowest BCUT2D eigenvalue weighted by molar-refractivity contribution is 0.237. The summed E-state index contributed by atoms with van der Waals surface area (Å²) in [5.41, 5.74) is 0.279. The Kier molecular flexibility index (Phi) is 7.59. The van der Waals surface area contributed by atoms with Gasteiger partial charge in [-0.15, -0.1) is 0 Å². The van der Waals surface area contributed by atoms with Gasteiger partial charge in [0, 0.05) is 51.4 Å². The molecule has 0 aromatic heterocycles. The van der Waals surface area contributed by atoms with Crippen LogP contribution < -0.4 is 0 Å². The van der Waals surface area contributed by atoms with Crippen LogP contribution in [0.2, 0.25) is 0 Å². The lowest BCUT2D eigenvalue weighted by Crippen LogP contribution is -2.33. The van der Waals surface area contributed by atoms with Crippen molar-refractivity contribution in [1.29, 1.82) is 10.5 Å². The molecular weight excluding hydrogens is 348 g/mol. The summed E-state index contributed by atoms with van der Waals surface area (Å²) in [6.07, 6.45) is 7.43. The van der Waals surface area contributed by atoms with E-state index in [1.54, 1.807) is 0 Å². The highest BCUT2D eigenvalue weighted by Gasteiger charge is 2.29. The second-order valence-electron chi connectivity index (χ2n) is 8.66. The van der Waals surface area contributed by atoms with E-state index in [2.05, 4.69) is 45.6 Å². The molecule has 0 unspecified atom stereocenters. The van der Waals surface area contributed by atoms with E-state index >= 15 is 0 Å². The monoisotopic (exact) mass is 384 g/mol. The minimum Gasteiger partial charge on any atom is -0.355 e. The van der Waals surface area contributed by atoms with E-state index in [-0.39, 0.29) is 5.57 Å². The van der Waals surface area contributed by atoms with Gasteiger partial charge in [0.1, 0.15) is 18.0 Å². The Bertz CT molecular complexity index is 578. The zero-order chi connectivity index (χ0) is 19.9. The van der Waals surface area contributed by atoms with Gasteiger partial charge < -0.3 is 19.6 Å². The van der Waals surface area contributed by atoms with Crippen molar-refractivity contribution in [2.75, 3.05) is 52.4 Å². The van der Waals surface area contributed by atoms with Crippen LogP contribution in [0.4, 0.5) is 0 Å². The molecule has 3 saturated heterocycles. The van der Waals surface area contributed by atoms with Crippen molar-refractivity contribution in [2.24, 2.45) is 0 Å². The summed E-state index contributed by atoms with van der Waals surface area (Å²) in [6.45, 7) is 13.0. The molecule has 6 nitrogen and oxygen atoms in total. The maximum atomic E-state index is 9.49. The number of hydrogen-bond donors (Lipinski definition) is 0. The minimum absolute atomic E-state index is 0.279. The number of allylic oxidation sites excluding steroid dienone is 1. The summed E-state index contributed by atoms with van der Waals surface area (Å²) in [5, 5.41) is 19.0. The molecule has 3 aliphatic heterocycles. The van der Waals surface area contributed by atoms with Crippen molar-refractivity contribution in [3.63, 3.8) is 0 Å². The van der Waals surface area contributed by atoms with E-state index in [1.807, 2.05) is 0 Å². The standard InChI is InChI=1S/C22H36N6/c1-19-7-3-9-25(19)11-5-13-27-15-16-28(22(27)21(17-23)18-24)14-6-12-26-10-4-8-20(26)2/h19-20H,3-16H2,1-2H3/t19-,20-/m1/s1. The largest absolute Gasteiger partial charge is 0.355 e. The number of nitrogens with zero attached hydrogens (tertiary/aromatic N) is 6. The highest BCUT2D eigenvalue weighted by atomic mass is 15.4. The molecule has 0 saturated carbocycles. The Balaban J connectivity index is 1.53. The molecule has 3 fully saturated rings. The molecule has 0 radical (unpaired) electrons. The highest BCUT2D eigenvalue weighted by molar-refractivity contribution is 5.40. The summed E-state index contributed by atoms with van der Waals surface area (Å²) in [4.78, 5) is 9.70. The molecule has 0 aliphatic carbocycles. The van der Waals surface area contributed by atoms with Crippen molar-refractivity contribution < 1.29 is 0 Å². The van der Waals surface area contributed by atoms with Gasteiger partial charge in [-0.1, -0.05) is 0 Å². The quantitative estimate of drug-likeness (QED) is 0.600. The average Bonchev–Trinajstić information content (AvgIpc) is 3.39. The van der Waals surface area contributed by atoms with Gasteiger partial charge in [-0.25, -0.2) is 0 Å². The minimum atomic E-state index is 0.279. The fraction of sp³-hybridized carbons (Fsp3) is 0.818. The fourth-order valence-corrected chi connectivity index (χ4v) is 5.11. The van der Waals surface area contributed by atoms with Gasteiger partial charge in [0.25, 0.3) is 0 Å². The summed E-state index contributed by atoms with van der Waals surface area (Å²) >= 11 is 0. The molecular formula is C22H36N6. The lowest BCUT2D eigenvalue weighted by Gasteiger charge is -2.27. The first-order valence-electron chi connectivity index (χ1n) is 11.2. The highest BCUT2D eigenvalue weighted by Crippen LogP contribution is 2.24. The molecule has 3 heterocycles. The number of likely N-dealkylation sites (tertiary alicyclic amines) is 2. The maximum Gasteiger partial charge on any atom is 0.169 e. The van der Waals surface area contributed by atoms with Gasteiger partial charge in [-0.3, -0.25) is 0 Å². The van der Waals surface area contributed by atoms with E-state index in [9.17, 15) is 10.5 Å². The van der Waals surface area contributed by atoms with Crippen molar-refractivity contribution >= 4 is 0 Å². The van der Waals surface area contributed by atoms with Crippen LogP contribution in [0, 0.1) is 22.7 Å². The van der Waals surface area contributed by atoms with Crippen LogP contribution in [0.15, 0.2) is 11.4 Å². The van der Waals surface area contributed by atoms with Crippen LogP contribution in [0.1, 0.15) is 52.4 Å². The number of hydrogen-bond acceptors (Lipinski definition) is 6. The summed E-state index contributed by atoms with van der Waals surface area (Å²) in [6, 6.07) is 5.69. The smallest absolute Gasteiger partial charge is 0.169 e. The predicted molar refractivity (Wildman–Crippen MR) is 111 cm³/mol. The van der Waals surface area contributed by atoms with Crippen LogP contribution in [0.3, 0.4) is 0 Å². The van der Waals surface area contributed by atoms with Gasteiger partial charge in [-0.05, 0) is 65.5 Å². The normalized spacial score (nSPS) is 26.1. The topological polar surface area (TPSA) is 60.5 Å². The van der Waals surface area contributed by atoms with E-state index < -0.39 is 0 Å². The first-order chi connectivity index (χ1) is 13.6. The third kappa shape index (κ3) is 4.99. The van der Waals surface area contributed by atoms with Crippen LogP contribution in [-0.4, -0.2) is 84.0 Å². The Hall–Kier alpha value is -1.76. The van der Waals surface area contributed by atoms with Crippen molar-refractivity contribution in [2.45, 2.75) is 64.5 Å². The molecule has 2 atom stereocenters. The van der Waals surface area contributed by atoms with E-state index in [0.717, 1.165) is 57.9 Å². The molecule has 3 aliphatic rings. The zero-order valence-electron chi connectivity index (χ0n) is 17.7. The van der Waals surface area contributed by atoms with Crippen LogP contribution in [0.5, 0.6) is 0 Å². The molecule has 28 heavy (non-hydrogen) atoms. The SMILES string of the molecule is C[C@@H]1CCCN1CCCN1CCN(CCCN2CCC[C@H]2C)C1=C(C#N)C#N. The van der Waals surface area contributed by atoms with Gasteiger partial charge >= 0.3 is 0 Å². The number of rotatable bonds is 8. The van der Waals surface area contributed by atoms with E-state index in [0.29, 0.717) is 12.1 Å². The molecule has 0 aromatic carbocycles. The van der Waals surface area contributed by atoms with Crippen molar-refractivity contribution in [3.05, 3.63) is 11.4 Å². The third-order valence-electron chi connectivity index (χ3n) is 6.81. The molecule has 3 rings (SSSR count). The van der Waals surface area contributed by atoms with Crippen LogP contribution >= 0.6 is 0 Å². The Morgan fingerprint density at radius 3 is 1.61 bits per heavy atom. The lowest BCUT2D eigenvalue weighted by atomic mass is 10.2. The van der Waals surface area contributed by atoms with E-state index in [4.69, 9.17) is 0 Å². The summed E-state index contributed by atoms with van der Waals surface area (Å²) in [7, 11) is 0. The van der Waals surface area contributed by atoms with Crippen molar-refractivity contribution in [3.8, 4) is 12.1 Å². The summed E-state index contributed by atoms with van der Waals surface area (Å²) < 4.78 is 0. The maximum absolute atomic E-state index is 9.49. The predicted octanol–water partition coefficient (Wildman–Crippen LogP) is 2.61. The third-order valence-corrected chi connectivity index (χ3v) is 6.81. The number of nitriles is 2. The first-order valence-corrected chi connectivity index (χ1v) is 11.2. The van der Waals surface area contributed by atoms with Gasteiger partial charge in [-0.2, -0.15) is 10.5 Å². The molecule has 0 N–H and O–H groups in total. The molecule has 0 bridgehead atoms. The first kappa shape index (κ1) is 21.0. The van der Waals surface area contributed by atoms with Crippen LogP contribution in [-0.2, 0) is 0 Å².